The molecule has 0 saturated carbocycles. The maximum atomic E-state index is 2.38. The quantitative estimate of drug-likeness (QED) is 0.275. The summed E-state index contributed by atoms with van der Waals surface area (Å²) in [6.07, 6.45) is 2.11. The van der Waals surface area contributed by atoms with Crippen molar-refractivity contribution in [1.82, 2.24) is 9.13 Å². The molecule has 148 valence electrons. The number of aromatic nitrogens is 2. The summed E-state index contributed by atoms with van der Waals surface area (Å²) in [7, 11) is 4.37. The minimum Gasteiger partial charge on any atom is -0.348 e. The molecule has 0 fully saturated rings. The van der Waals surface area contributed by atoms with Gasteiger partial charge in [-0.25, -0.2) is 0 Å². The zero-order valence-electron chi connectivity index (χ0n) is 18.1. The van der Waals surface area contributed by atoms with Crippen LogP contribution in [-0.4, -0.2) is 9.13 Å². The number of rotatable bonds is 2. The Bertz CT molecular complexity index is 1500. The van der Waals surface area contributed by atoms with Crippen LogP contribution in [0.4, 0.5) is 0 Å². The maximum Gasteiger partial charge on any atom is 0.0486 e. The predicted molar refractivity (Wildman–Crippen MR) is 131 cm³/mol. The predicted octanol–water partition coefficient (Wildman–Crippen LogP) is 7.25. The first-order valence-corrected chi connectivity index (χ1v) is 10.9. The lowest BCUT2D eigenvalue weighted by Crippen LogP contribution is -1.93. The Balaban J connectivity index is 1.73. The van der Waals surface area contributed by atoms with Crippen molar-refractivity contribution in [2.45, 2.75) is 26.7 Å². The number of hydrogen-bond donors (Lipinski definition) is 0. The molecule has 0 saturated heterocycles. The van der Waals surface area contributed by atoms with E-state index in [1.165, 1.54) is 65.5 Å². The molecule has 0 aliphatic carbocycles. The standard InChI is InChI=1S/C28H26N2/c1-5-21-13-19-11-17-7-9-24-23(25(17)15-27(19)29(21)3)10-8-18-12-20-14-22(6-2)30(4)28(20)16-26(18)24/h7-16H,5-6H2,1-4H3. The molecule has 0 aliphatic heterocycles. The lowest BCUT2D eigenvalue weighted by Gasteiger charge is -2.10. The Morgan fingerprint density at radius 1 is 0.500 bits per heavy atom. The van der Waals surface area contributed by atoms with E-state index in [2.05, 4.69) is 97.7 Å². The molecule has 2 nitrogen and oxygen atoms in total. The smallest absolute Gasteiger partial charge is 0.0486 e. The van der Waals surface area contributed by atoms with Crippen LogP contribution < -0.4 is 0 Å². The van der Waals surface area contributed by atoms with Crippen molar-refractivity contribution >= 4 is 54.1 Å². The van der Waals surface area contributed by atoms with Gasteiger partial charge in [-0.1, -0.05) is 38.1 Å². The molecule has 0 atom stereocenters. The highest BCUT2D eigenvalue weighted by molar-refractivity contribution is 6.20. The van der Waals surface area contributed by atoms with Gasteiger partial charge < -0.3 is 9.13 Å². The monoisotopic (exact) mass is 390 g/mol. The molecule has 30 heavy (non-hydrogen) atoms. The summed E-state index contributed by atoms with van der Waals surface area (Å²) in [5, 5.41) is 10.7. The van der Waals surface area contributed by atoms with Gasteiger partial charge in [0.2, 0.25) is 0 Å². The fourth-order valence-corrected chi connectivity index (χ4v) is 5.34. The third-order valence-corrected chi connectivity index (χ3v) is 7.08. The largest absolute Gasteiger partial charge is 0.348 e. The van der Waals surface area contributed by atoms with Gasteiger partial charge in [0.1, 0.15) is 0 Å². The van der Waals surface area contributed by atoms with Gasteiger partial charge in [0.05, 0.1) is 0 Å². The molecule has 0 aliphatic rings. The number of hydrogen-bond acceptors (Lipinski definition) is 0. The average Bonchev–Trinajstić information content (AvgIpc) is 3.26. The minimum atomic E-state index is 1.05. The zero-order valence-corrected chi connectivity index (χ0v) is 18.1. The van der Waals surface area contributed by atoms with E-state index < -0.39 is 0 Å². The van der Waals surface area contributed by atoms with Crippen molar-refractivity contribution in [2.24, 2.45) is 14.1 Å². The molecule has 6 aromatic rings. The van der Waals surface area contributed by atoms with Crippen LogP contribution in [0.25, 0.3) is 54.1 Å². The van der Waals surface area contributed by atoms with E-state index >= 15 is 0 Å². The third kappa shape index (κ3) is 2.25. The molecule has 2 heteroatoms. The molecule has 2 heterocycles. The average molecular weight is 391 g/mol. The molecule has 2 aromatic heterocycles. The summed E-state index contributed by atoms with van der Waals surface area (Å²) in [5.74, 6) is 0. The fourth-order valence-electron chi connectivity index (χ4n) is 5.34. The second-order valence-electron chi connectivity index (χ2n) is 8.59. The van der Waals surface area contributed by atoms with Crippen LogP contribution in [0.15, 0.2) is 60.7 Å². The first-order chi connectivity index (χ1) is 14.6. The molecule has 4 aromatic carbocycles. The summed E-state index contributed by atoms with van der Waals surface area (Å²) in [4.78, 5) is 0. The van der Waals surface area contributed by atoms with Crippen LogP contribution in [0.3, 0.4) is 0 Å². The molecule has 0 spiro atoms. The van der Waals surface area contributed by atoms with E-state index in [0.29, 0.717) is 0 Å². The molecule has 0 radical (unpaired) electrons. The number of aryl methyl sites for hydroxylation is 4. The van der Waals surface area contributed by atoms with Crippen molar-refractivity contribution in [3.05, 3.63) is 72.1 Å². The molecule has 0 N–H and O–H groups in total. The third-order valence-electron chi connectivity index (χ3n) is 7.08. The normalized spacial score (nSPS) is 12.3. The van der Waals surface area contributed by atoms with Gasteiger partial charge >= 0.3 is 0 Å². The van der Waals surface area contributed by atoms with E-state index in [1.54, 1.807) is 0 Å². The summed E-state index contributed by atoms with van der Waals surface area (Å²) in [5.41, 5.74) is 5.40. The first kappa shape index (κ1) is 17.6. The SMILES string of the molecule is CCc1cc2cc3ccc4c5cc6c(cc(CC)n6C)cc5ccc4c3cc2n1C. The van der Waals surface area contributed by atoms with Crippen LogP contribution in [-0.2, 0) is 26.9 Å². The molecule has 6 rings (SSSR count). The fraction of sp³-hybridized carbons (Fsp3) is 0.214. The van der Waals surface area contributed by atoms with E-state index in [4.69, 9.17) is 0 Å². The lowest BCUT2D eigenvalue weighted by atomic mass is 9.95. The molecule has 0 unspecified atom stereocenters. The number of benzene rings is 4. The van der Waals surface area contributed by atoms with E-state index in [1.807, 2.05) is 0 Å². The van der Waals surface area contributed by atoms with E-state index in [9.17, 15) is 0 Å². The zero-order chi connectivity index (χ0) is 20.6. The van der Waals surface area contributed by atoms with Crippen molar-refractivity contribution in [2.75, 3.05) is 0 Å². The Morgan fingerprint density at radius 2 is 0.933 bits per heavy atom. The Labute approximate surface area is 176 Å². The topological polar surface area (TPSA) is 9.86 Å². The number of nitrogens with zero attached hydrogens (tertiary/aromatic N) is 2. The van der Waals surface area contributed by atoms with Crippen molar-refractivity contribution < 1.29 is 0 Å². The van der Waals surface area contributed by atoms with Gasteiger partial charge in [-0.15, -0.1) is 0 Å². The minimum absolute atomic E-state index is 1.05. The first-order valence-electron chi connectivity index (χ1n) is 10.9. The second kappa shape index (κ2) is 6.12. The summed E-state index contributed by atoms with van der Waals surface area (Å²) < 4.78 is 4.68. The highest BCUT2D eigenvalue weighted by Crippen LogP contribution is 2.36. The Morgan fingerprint density at radius 3 is 1.33 bits per heavy atom. The van der Waals surface area contributed by atoms with Crippen LogP contribution in [0.1, 0.15) is 25.2 Å². The van der Waals surface area contributed by atoms with Crippen molar-refractivity contribution in [1.29, 1.82) is 0 Å². The van der Waals surface area contributed by atoms with Crippen LogP contribution in [0, 0.1) is 0 Å². The van der Waals surface area contributed by atoms with Crippen LogP contribution >= 0.6 is 0 Å². The van der Waals surface area contributed by atoms with E-state index in [-0.39, 0.29) is 0 Å². The van der Waals surface area contributed by atoms with Gasteiger partial charge in [-0.05, 0) is 81.6 Å². The van der Waals surface area contributed by atoms with Crippen LogP contribution in [0.5, 0.6) is 0 Å². The van der Waals surface area contributed by atoms with Gasteiger partial charge in [0, 0.05) is 47.3 Å². The van der Waals surface area contributed by atoms with Gasteiger partial charge in [0.15, 0.2) is 0 Å². The highest BCUT2D eigenvalue weighted by Gasteiger charge is 2.12. The van der Waals surface area contributed by atoms with Crippen molar-refractivity contribution in [3.8, 4) is 0 Å². The second-order valence-corrected chi connectivity index (χ2v) is 8.59. The molecule has 0 bridgehead atoms. The summed E-state index contributed by atoms with van der Waals surface area (Å²) in [6.45, 7) is 4.45. The summed E-state index contributed by atoms with van der Waals surface area (Å²) in [6, 6.07) is 23.3. The highest BCUT2D eigenvalue weighted by atomic mass is 14.9. The lowest BCUT2D eigenvalue weighted by molar-refractivity contribution is 0.866. The van der Waals surface area contributed by atoms with Gasteiger partial charge in [0.25, 0.3) is 0 Å². The van der Waals surface area contributed by atoms with Crippen LogP contribution in [0.2, 0.25) is 0 Å². The maximum absolute atomic E-state index is 2.38. The van der Waals surface area contributed by atoms with Crippen molar-refractivity contribution in [3.63, 3.8) is 0 Å². The Hall–Kier alpha value is -3.26. The van der Waals surface area contributed by atoms with E-state index in [0.717, 1.165) is 12.8 Å². The summed E-state index contributed by atoms with van der Waals surface area (Å²) >= 11 is 0. The Kier molecular flexibility index (Phi) is 3.59. The van der Waals surface area contributed by atoms with Gasteiger partial charge in [-0.2, -0.15) is 0 Å². The molecular formula is C28H26N2. The molecular weight excluding hydrogens is 364 g/mol. The number of fused-ring (bicyclic) bond motifs is 7. The van der Waals surface area contributed by atoms with Gasteiger partial charge in [-0.3, -0.25) is 0 Å². The molecule has 0 amide bonds.